The normalized spacial score (nSPS) is 10.1. The maximum atomic E-state index is 8.77. The van der Waals surface area contributed by atoms with Gasteiger partial charge in [-0.2, -0.15) is 5.26 Å². The highest BCUT2D eigenvalue weighted by Gasteiger charge is 2.06. The smallest absolute Gasteiger partial charge is 0.105 e. The van der Waals surface area contributed by atoms with Crippen LogP contribution in [0.2, 0.25) is 0 Å². The molecule has 0 aliphatic carbocycles. The predicted octanol–water partition coefficient (Wildman–Crippen LogP) is 2.61. The van der Waals surface area contributed by atoms with Gasteiger partial charge in [0.2, 0.25) is 0 Å². The van der Waals surface area contributed by atoms with Crippen molar-refractivity contribution in [2.45, 2.75) is 19.9 Å². The van der Waals surface area contributed by atoms with E-state index in [9.17, 15) is 0 Å². The predicted molar refractivity (Wildman–Crippen MR) is 75.8 cm³/mol. The topological polar surface area (TPSA) is 44.9 Å². The zero-order chi connectivity index (χ0) is 13.5. The second-order valence-electron chi connectivity index (χ2n) is 4.40. The van der Waals surface area contributed by atoms with Gasteiger partial charge in [-0.15, -0.1) is 0 Å². The van der Waals surface area contributed by atoms with Gasteiger partial charge in [0.05, 0.1) is 12.5 Å². The minimum atomic E-state index is 0.539. The molecule has 0 fully saturated rings. The molecular weight excluding hydrogens is 236 g/mol. The van der Waals surface area contributed by atoms with Crippen molar-refractivity contribution in [3.63, 3.8) is 0 Å². The van der Waals surface area contributed by atoms with E-state index in [1.807, 2.05) is 37.5 Å². The highest BCUT2D eigenvalue weighted by atomic mass is 15.2. The molecular formula is C15H18N4. The molecule has 0 unspecified atom stereocenters. The first-order chi connectivity index (χ1) is 9.31. The highest BCUT2D eigenvalue weighted by Crippen LogP contribution is 2.13. The molecule has 4 heteroatoms. The second-order valence-corrected chi connectivity index (χ2v) is 4.40. The molecule has 0 radical (unpaired) electrons. The highest BCUT2D eigenvalue weighted by molar-refractivity contribution is 5.45. The molecule has 0 N–H and O–H groups in total. The van der Waals surface area contributed by atoms with Gasteiger partial charge in [-0.25, -0.2) is 4.98 Å². The van der Waals surface area contributed by atoms with E-state index >= 15 is 0 Å². The first kappa shape index (κ1) is 13.2. The van der Waals surface area contributed by atoms with Gasteiger partial charge in [-0.3, -0.25) is 0 Å². The van der Waals surface area contributed by atoms with Crippen LogP contribution >= 0.6 is 0 Å². The fourth-order valence-corrected chi connectivity index (χ4v) is 2.06. The van der Waals surface area contributed by atoms with Crippen molar-refractivity contribution in [3.8, 4) is 6.07 Å². The summed E-state index contributed by atoms with van der Waals surface area (Å²) in [5, 5.41) is 8.77. The fraction of sp³-hybridized carbons (Fsp3) is 0.333. The standard InChI is InChI=1S/C15H18N4/c1-14-17-9-11-18(14)12-13-19(10-5-8-16)15-6-3-2-4-7-15/h2-4,6-7,9,11H,5,10,12-13H2,1H3. The lowest BCUT2D eigenvalue weighted by molar-refractivity contribution is 0.641. The van der Waals surface area contributed by atoms with E-state index in [1.165, 1.54) is 0 Å². The van der Waals surface area contributed by atoms with Gasteiger partial charge < -0.3 is 9.47 Å². The zero-order valence-corrected chi connectivity index (χ0v) is 11.2. The third kappa shape index (κ3) is 3.59. The van der Waals surface area contributed by atoms with Crippen LogP contribution in [0.3, 0.4) is 0 Å². The third-order valence-corrected chi connectivity index (χ3v) is 3.15. The summed E-state index contributed by atoms with van der Waals surface area (Å²) in [4.78, 5) is 6.46. The Morgan fingerprint density at radius 1 is 1.26 bits per heavy atom. The zero-order valence-electron chi connectivity index (χ0n) is 11.2. The molecule has 0 aliphatic rings. The summed E-state index contributed by atoms with van der Waals surface area (Å²) < 4.78 is 2.13. The lowest BCUT2D eigenvalue weighted by Gasteiger charge is -2.24. The lowest BCUT2D eigenvalue weighted by atomic mass is 10.2. The number of para-hydroxylation sites is 1. The van der Waals surface area contributed by atoms with E-state index in [4.69, 9.17) is 5.26 Å². The quantitative estimate of drug-likeness (QED) is 0.796. The minimum Gasteiger partial charge on any atom is -0.369 e. The van der Waals surface area contributed by atoms with Crippen molar-refractivity contribution in [2.75, 3.05) is 18.0 Å². The summed E-state index contributed by atoms with van der Waals surface area (Å²) in [6.07, 6.45) is 4.35. The number of aromatic nitrogens is 2. The van der Waals surface area contributed by atoms with Crippen molar-refractivity contribution in [1.82, 2.24) is 9.55 Å². The van der Waals surface area contributed by atoms with Gasteiger partial charge >= 0.3 is 0 Å². The number of rotatable bonds is 6. The maximum Gasteiger partial charge on any atom is 0.105 e. The molecule has 0 saturated carbocycles. The van der Waals surface area contributed by atoms with E-state index < -0.39 is 0 Å². The first-order valence-corrected chi connectivity index (χ1v) is 6.46. The fourth-order valence-electron chi connectivity index (χ4n) is 2.06. The molecule has 1 aromatic carbocycles. The monoisotopic (exact) mass is 254 g/mol. The summed E-state index contributed by atoms with van der Waals surface area (Å²) in [5.41, 5.74) is 1.16. The summed E-state index contributed by atoms with van der Waals surface area (Å²) in [7, 11) is 0. The average molecular weight is 254 g/mol. The summed E-state index contributed by atoms with van der Waals surface area (Å²) >= 11 is 0. The summed E-state index contributed by atoms with van der Waals surface area (Å²) in [6.45, 7) is 4.52. The van der Waals surface area contributed by atoms with Crippen LogP contribution in [0.5, 0.6) is 0 Å². The van der Waals surface area contributed by atoms with E-state index in [1.54, 1.807) is 0 Å². The number of hydrogen-bond acceptors (Lipinski definition) is 3. The van der Waals surface area contributed by atoms with Crippen LogP contribution in [0.15, 0.2) is 42.7 Å². The van der Waals surface area contributed by atoms with E-state index in [-0.39, 0.29) is 0 Å². The molecule has 0 amide bonds. The molecule has 2 aromatic rings. The van der Waals surface area contributed by atoms with Gasteiger partial charge in [-0.1, -0.05) is 18.2 Å². The van der Waals surface area contributed by atoms with Crippen LogP contribution in [0, 0.1) is 18.3 Å². The van der Waals surface area contributed by atoms with Crippen LogP contribution in [0.25, 0.3) is 0 Å². The molecule has 4 nitrogen and oxygen atoms in total. The van der Waals surface area contributed by atoms with Gasteiger partial charge in [0.1, 0.15) is 5.82 Å². The van der Waals surface area contributed by atoms with Crippen LogP contribution in [-0.4, -0.2) is 22.6 Å². The van der Waals surface area contributed by atoms with Gasteiger partial charge in [-0.05, 0) is 19.1 Å². The van der Waals surface area contributed by atoms with Crippen LogP contribution in [0.4, 0.5) is 5.69 Å². The molecule has 98 valence electrons. The van der Waals surface area contributed by atoms with E-state index in [2.05, 4.69) is 32.7 Å². The van der Waals surface area contributed by atoms with Gasteiger partial charge in [0.25, 0.3) is 0 Å². The molecule has 2 rings (SSSR count). The van der Waals surface area contributed by atoms with Crippen molar-refractivity contribution in [1.29, 1.82) is 5.26 Å². The summed E-state index contributed by atoms with van der Waals surface area (Å²) in [6, 6.07) is 12.4. The number of nitrogens with zero attached hydrogens (tertiary/aromatic N) is 4. The number of aryl methyl sites for hydroxylation is 1. The minimum absolute atomic E-state index is 0.539. The Morgan fingerprint density at radius 3 is 2.68 bits per heavy atom. The molecule has 0 atom stereocenters. The van der Waals surface area contributed by atoms with Crippen LogP contribution in [-0.2, 0) is 6.54 Å². The van der Waals surface area contributed by atoms with Crippen LogP contribution in [0.1, 0.15) is 12.2 Å². The number of imidazole rings is 1. The van der Waals surface area contributed by atoms with Crippen molar-refractivity contribution >= 4 is 5.69 Å². The Labute approximate surface area is 113 Å². The number of benzene rings is 1. The molecule has 0 bridgehead atoms. The first-order valence-electron chi connectivity index (χ1n) is 6.46. The number of nitriles is 1. The summed E-state index contributed by atoms with van der Waals surface area (Å²) in [5.74, 6) is 1.02. The van der Waals surface area contributed by atoms with Gasteiger partial charge in [0, 0.05) is 37.7 Å². The van der Waals surface area contributed by atoms with E-state index in [0.29, 0.717) is 6.42 Å². The number of hydrogen-bond donors (Lipinski definition) is 0. The Hall–Kier alpha value is -2.28. The molecule has 1 aromatic heterocycles. The Kier molecular flexibility index (Phi) is 4.57. The maximum absolute atomic E-state index is 8.77. The third-order valence-electron chi connectivity index (χ3n) is 3.15. The molecule has 19 heavy (non-hydrogen) atoms. The second kappa shape index (κ2) is 6.60. The SMILES string of the molecule is Cc1nccn1CCN(CCC#N)c1ccccc1. The Balaban J connectivity index is 2.02. The Morgan fingerprint density at radius 2 is 2.05 bits per heavy atom. The largest absolute Gasteiger partial charge is 0.369 e. The molecule has 0 aliphatic heterocycles. The van der Waals surface area contributed by atoms with Gasteiger partial charge in [0.15, 0.2) is 0 Å². The molecule has 0 spiro atoms. The Bertz CT molecular complexity index is 539. The molecule has 0 saturated heterocycles. The molecule has 1 heterocycles. The number of anilines is 1. The van der Waals surface area contributed by atoms with Crippen molar-refractivity contribution in [2.24, 2.45) is 0 Å². The van der Waals surface area contributed by atoms with Crippen LogP contribution < -0.4 is 4.90 Å². The van der Waals surface area contributed by atoms with Crippen molar-refractivity contribution < 1.29 is 0 Å². The van der Waals surface area contributed by atoms with Crippen molar-refractivity contribution in [3.05, 3.63) is 48.5 Å². The average Bonchev–Trinajstić information content (AvgIpc) is 2.85. The lowest BCUT2D eigenvalue weighted by Crippen LogP contribution is -2.28. The van der Waals surface area contributed by atoms with E-state index in [0.717, 1.165) is 31.1 Å².